The summed E-state index contributed by atoms with van der Waals surface area (Å²) in [7, 11) is 0. The van der Waals surface area contributed by atoms with E-state index in [9.17, 15) is 14.7 Å². The van der Waals surface area contributed by atoms with Crippen molar-refractivity contribution in [1.29, 1.82) is 0 Å². The minimum Gasteiger partial charge on any atom is -0.480 e. The van der Waals surface area contributed by atoms with Crippen molar-refractivity contribution in [3.8, 4) is 5.06 Å². The highest BCUT2D eigenvalue weighted by molar-refractivity contribution is 7.14. The molecule has 0 amide bonds. The predicted octanol–water partition coefficient (Wildman–Crippen LogP) is 4.62. The van der Waals surface area contributed by atoms with Gasteiger partial charge in [0.15, 0.2) is 5.06 Å². The number of carboxylic acids is 1. The topological polar surface area (TPSA) is 66.8 Å². The smallest absolute Gasteiger partial charge is 0.336 e. The maximum Gasteiger partial charge on any atom is 0.336 e. The number of carbonyl (C=O) groups is 2. The summed E-state index contributed by atoms with van der Waals surface area (Å²) in [6.07, 6.45) is 7.25. The van der Waals surface area contributed by atoms with Crippen molar-refractivity contribution >= 4 is 34.9 Å². The van der Waals surface area contributed by atoms with Crippen LogP contribution in [0.3, 0.4) is 0 Å². The average Bonchev–Trinajstić information content (AvgIpc) is 3.05. The lowest BCUT2D eigenvalue weighted by Gasteiger charge is -2.32. The van der Waals surface area contributed by atoms with Crippen LogP contribution in [0.5, 0.6) is 5.06 Å². The first kappa shape index (κ1) is 20.3. The molecular weight excluding hydrogens is 398 g/mol. The first-order valence-corrected chi connectivity index (χ1v) is 10.0. The Balaban J connectivity index is 1.76. The number of rotatable bonds is 6. The maximum atomic E-state index is 12.0. The fourth-order valence-corrected chi connectivity index (χ4v) is 4.41. The molecule has 1 N–H and O–H groups in total. The van der Waals surface area contributed by atoms with Crippen LogP contribution in [0.1, 0.15) is 29.0 Å². The molecule has 0 spiro atoms. The van der Waals surface area contributed by atoms with Crippen molar-refractivity contribution < 1.29 is 19.4 Å². The van der Waals surface area contributed by atoms with Crippen molar-refractivity contribution in [1.82, 2.24) is 4.90 Å². The van der Waals surface area contributed by atoms with Gasteiger partial charge in [0.25, 0.3) is 0 Å². The normalized spacial score (nSPS) is 15.6. The van der Waals surface area contributed by atoms with Crippen LogP contribution in [0.2, 0.25) is 5.02 Å². The fourth-order valence-electron chi connectivity index (χ4n) is 3.16. The Morgan fingerprint density at radius 1 is 1.32 bits per heavy atom. The molecular formula is C21H20ClNO4S. The van der Waals surface area contributed by atoms with Crippen molar-refractivity contribution in [3.63, 3.8) is 0 Å². The summed E-state index contributed by atoms with van der Waals surface area (Å²) in [5.74, 6) is -1.37. The van der Waals surface area contributed by atoms with Crippen LogP contribution in [0.25, 0.3) is 0 Å². The monoisotopic (exact) mass is 417 g/mol. The number of carboxylic acid groups (broad SMARTS) is 1. The molecule has 2 heterocycles. The number of esters is 1. The van der Waals surface area contributed by atoms with Gasteiger partial charge in [-0.15, -0.1) is 11.3 Å². The molecule has 3 rings (SSSR count). The fraction of sp³-hybridized carbons (Fsp3) is 0.238. The van der Waals surface area contributed by atoms with Crippen LogP contribution in [0, 0.1) is 0 Å². The van der Waals surface area contributed by atoms with Crippen LogP contribution >= 0.6 is 22.9 Å². The number of aliphatic carboxylic acids is 1. The van der Waals surface area contributed by atoms with Gasteiger partial charge < -0.3 is 9.84 Å². The van der Waals surface area contributed by atoms with Gasteiger partial charge in [-0.3, -0.25) is 9.69 Å². The lowest BCUT2D eigenvalue weighted by molar-refractivity contribution is -0.144. The zero-order valence-electron chi connectivity index (χ0n) is 15.3. The Labute approximate surface area is 172 Å². The summed E-state index contributed by atoms with van der Waals surface area (Å²) in [5.41, 5.74) is 1.56. The van der Waals surface area contributed by atoms with Crippen molar-refractivity contribution in [2.75, 3.05) is 6.54 Å². The maximum absolute atomic E-state index is 12.0. The SMILES string of the molecule is C/C=C/C=C/C(=O)Oc1cc2c(s1)CCN(C(C(=O)O)c1ccccc1Cl)C2. The summed E-state index contributed by atoms with van der Waals surface area (Å²) in [5, 5.41) is 10.8. The molecule has 0 bridgehead atoms. The van der Waals surface area contributed by atoms with Gasteiger partial charge in [0.2, 0.25) is 0 Å². The number of allylic oxidation sites excluding steroid dienone is 3. The van der Waals surface area contributed by atoms with Crippen LogP contribution in [-0.2, 0) is 22.6 Å². The number of hydrogen-bond acceptors (Lipinski definition) is 5. The number of thiophene rings is 1. The lowest BCUT2D eigenvalue weighted by Crippen LogP contribution is -2.37. The van der Waals surface area contributed by atoms with E-state index in [1.54, 1.807) is 36.4 Å². The van der Waals surface area contributed by atoms with Crippen LogP contribution in [0.4, 0.5) is 0 Å². The third kappa shape index (κ3) is 4.70. The highest BCUT2D eigenvalue weighted by Crippen LogP contribution is 2.37. The molecule has 2 aromatic rings. The van der Waals surface area contributed by atoms with E-state index in [4.69, 9.17) is 16.3 Å². The summed E-state index contributed by atoms with van der Waals surface area (Å²) in [6.45, 7) is 2.91. The molecule has 1 aromatic heterocycles. The predicted molar refractivity (Wildman–Crippen MR) is 110 cm³/mol. The quantitative estimate of drug-likeness (QED) is 0.422. The first-order chi connectivity index (χ1) is 13.5. The van der Waals surface area contributed by atoms with E-state index in [1.807, 2.05) is 24.0 Å². The third-order valence-corrected chi connectivity index (χ3v) is 5.87. The molecule has 0 saturated carbocycles. The summed E-state index contributed by atoms with van der Waals surface area (Å²) >= 11 is 7.67. The zero-order chi connectivity index (χ0) is 20.1. The average molecular weight is 418 g/mol. The molecule has 0 fully saturated rings. The lowest BCUT2D eigenvalue weighted by atomic mass is 10.0. The molecule has 1 atom stereocenters. The molecule has 28 heavy (non-hydrogen) atoms. The molecule has 0 saturated heterocycles. The van der Waals surface area contributed by atoms with Gasteiger partial charge in [0, 0.05) is 29.1 Å². The minimum absolute atomic E-state index is 0.437. The molecule has 7 heteroatoms. The van der Waals surface area contributed by atoms with Crippen LogP contribution in [0.15, 0.2) is 54.6 Å². The van der Waals surface area contributed by atoms with Crippen molar-refractivity contribution in [2.45, 2.75) is 25.9 Å². The Kier molecular flexibility index (Phi) is 6.67. The van der Waals surface area contributed by atoms with Crippen molar-refractivity contribution in [3.05, 3.63) is 75.7 Å². The second-order valence-electron chi connectivity index (χ2n) is 6.30. The van der Waals surface area contributed by atoms with Gasteiger partial charge in [-0.1, -0.05) is 48.0 Å². The number of benzene rings is 1. The highest BCUT2D eigenvalue weighted by atomic mass is 35.5. The molecule has 1 aromatic carbocycles. The number of carbonyl (C=O) groups excluding carboxylic acids is 1. The summed E-state index contributed by atoms with van der Waals surface area (Å²) in [6, 6.07) is 8.01. The largest absolute Gasteiger partial charge is 0.480 e. The Morgan fingerprint density at radius 2 is 2.11 bits per heavy atom. The van der Waals surface area contributed by atoms with Gasteiger partial charge in [-0.2, -0.15) is 0 Å². The molecule has 1 aliphatic rings. The number of halogens is 1. The highest BCUT2D eigenvalue weighted by Gasteiger charge is 2.32. The van der Waals surface area contributed by atoms with E-state index >= 15 is 0 Å². The number of hydrogen-bond donors (Lipinski definition) is 1. The second-order valence-corrected chi connectivity index (χ2v) is 7.81. The minimum atomic E-state index is -0.937. The molecule has 146 valence electrons. The zero-order valence-corrected chi connectivity index (χ0v) is 16.9. The van der Waals surface area contributed by atoms with Gasteiger partial charge in [-0.25, -0.2) is 4.79 Å². The summed E-state index contributed by atoms with van der Waals surface area (Å²) < 4.78 is 5.36. The van der Waals surface area contributed by atoms with E-state index in [0.29, 0.717) is 35.2 Å². The number of ether oxygens (including phenoxy) is 1. The van der Waals surface area contributed by atoms with Crippen molar-refractivity contribution in [2.24, 2.45) is 0 Å². The Hall–Kier alpha value is -2.41. The van der Waals surface area contributed by atoms with Gasteiger partial charge in [0.05, 0.1) is 0 Å². The van der Waals surface area contributed by atoms with E-state index in [2.05, 4.69) is 0 Å². The summed E-state index contributed by atoms with van der Waals surface area (Å²) in [4.78, 5) is 26.8. The number of fused-ring (bicyclic) bond motifs is 1. The molecule has 5 nitrogen and oxygen atoms in total. The first-order valence-electron chi connectivity index (χ1n) is 8.83. The van der Waals surface area contributed by atoms with E-state index in [0.717, 1.165) is 10.4 Å². The van der Waals surface area contributed by atoms with E-state index in [-0.39, 0.29) is 0 Å². The standard InChI is InChI=1S/C21H20ClNO4S/c1-2-3-4-9-18(24)27-19-12-14-13-23(11-10-17(14)28-19)20(21(25)26)15-7-5-6-8-16(15)22/h2-9,12,20H,10-11,13H2,1H3,(H,25,26)/b3-2+,9-4+. The Bertz CT molecular complexity index is 934. The second kappa shape index (κ2) is 9.19. The number of nitrogens with zero attached hydrogens (tertiary/aromatic N) is 1. The van der Waals surface area contributed by atoms with Crippen LogP contribution in [-0.4, -0.2) is 28.5 Å². The van der Waals surface area contributed by atoms with Gasteiger partial charge >= 0.3 is 11.9 Å². The van der Waals surface area contributed by atoms with Crippen LogP contribution < -0.4 is 4.74 Å². The van der Waals surface area contributed by atoms with Gasteiger partial charge in [0.1, 0.15) is 6.04 Å². The van der Waals surface area contributed by atoms with E-state index in [1.165, 1.54) is 17.4 Å². The Morgan fingerprint density at radius 3 is 2.82 bits per heavy atom. The third-order valence-electron chi connectivity index (χ3n) is 4.41. The molecule has 1 unspecified atom stereocenters. The molecule has 1 aliphatic heterocycles. The van der Waals surface area contributed by atoms with E-state index < -0.39 is 18.0 Å². The molecule has 0 aliphatic carbocycles. The van der Waals surface area contributed by atoms with Gasteiger partial charge in [-0.05, 0) is 36.6 Å². The molecule has 0 radical (unpaired) electrons.